The second kappa shape index (κ2) is 1.95. The van der Waals surface area contributed by atoms with E-state index in [4.69, 9.17) is 5.73 Å². The average Bonchev–Trinajstić information content (AvgIpc) is 2.38. The van der Waals surface area contributed by atoms with E-state index in [2.05, 4.69) is 18.7 Å². The van der Waals surface area contributed by atoms with Crippen molar-refractivity contribution in [3.8, 4) is 0 Å². The quantitative estimate of drug-likeness (QED) is 0.567. The molecule has 1 aliphatic carbocycles. The van der Waals surface area contributed by atoms with Crippen LogP contribution in [-0.4, -0.2) is 30.1 Å². The van der Waals surface area contributed by atoms with Crippen molar-refractivity contribution in [3.05, 3.63) is 0 Å². The van der Waals surface area contributed by atoms with Crippen LogP contribution < -0.4 is 5.73 Å². The van der Waals surface area contributed by atoms with Crippen LogP contribution in [0.2, 0.25) is 0 Å². The first kappa shape index (κ1) is 6.62. The van der Waals surface area contributed by atoms with E-state index in [0.717, 1.165) is 17.9 Å². The van der Waals surface area contributed by atoms with Crippen LogP contribution >= 0.6 is 0 Å². The first-order chi connectivity index (χ1) is 4.70. The van der Waals surface area contributed by atoms with Crippen molar-refractivity contribution in [2.24, 2.45) is 17.6 Å². The third kappa shape index (κ3) is 0.789. The smallest absolute Gasteiger partial charge is 0.0127 e. The highest BCUT2D eigenvalue weighted by Gasteiger charge is 2.53. The van der Waals surface area contributed by atoms with E-state index >= 15 is 0 Å². The molecule has 0 bridgehead atoms. The van der Waals surface area contributed by atoms with Gasteiger partial charge in [-0.1, -0.05) is 0 Å². The molecule has 2 N–H and O–H groups in total. The Labute approximate surface area is 62.4 Å². The van der Waals surface area contributed by atoms with Crippen molar-refractivity contribution in [2.45, 2.75) is 25.9 Å². The largest absolute Gasteiger partial charge is 0.327 e. The van der Waals surface area contributed by atoms with Crippen molar-refractivity contribution in [3.63, 3.8) is 0 Å². The molecule has 0 spiro atoms. The number of piperidine rings is 1. The van der Waals surface area contributed by atoms with E-state index in [1.807, 2.05) is 0 Å². The van der Waals surface area contributed by atoms with Gasteiger partial charge >= 0.3 is 0 Å². The van der Waals surface area contributed by atoms with Crippen LogP contribution in [0.15, 0.2) is 0 Å². The fraction of sp³-hybridized carbons (Fsp3) is 1.00. The Kier molecular flexibility index (Phi) is 1.29. The summed E-state index contributed by atoms with van der Waals surface area (Å²) in [7, 11) is 0. The van der Waals surface area contributed by atoms with Crippen LogP contribution in [-0.2, 0) is 0 Å². The van der Waals surface area contributed by atoms with Gasteiger partial charge in [0.15, 0.2) is 0 Å². The number of hydrogen-bond donors (Lipinski definition) is 1. The Hall–Kier alpha value is -0.0800. The number of fused-ring (bicyclic) bond motifs is 1. The summed E-state index contributed by atoms with van der Waals surface area (Å²) in [5.41, 5.74) is 5.81. The molecule has 2 fully saturated rings. The summed E-state index contributed by atoms with van der Waals surface area (Å²) in [4.78, 5) is 2.53. The zero-order valence-corrected chi connectivity index (χ0v) is 6.75. The first-order valence-corrected chi connectivity index (χ1v) is 4.20. The lowest BCUT2D eigenvalue weighted by Gasteiger charge is -2.22. The maximum atomic E-state index is 5.81. The number of hydrogen-bond acceptors (Lipinski definition) is 2. The molecule has 1 aliphatic heterocycles. The molecule has 1 saturated carbocycles. The number of likely N-dealkylation sites (tertiary alicyclic amines) is 1. The van der Waals surface area contributed by atoms with E-state index in [1.54, 1.807) is 0 Å². The van der Waals surface area contributed by atoms with Crippen LogP contribution in [0.3, 0.4) is 0 Å². The highest BCUT2D eigenvalue weighted by atomic mass is 15.2. The number of nitrogens with two attached hydrogens (primary N) is 1. The molecule has 0 amide bonds. The molecule has 58 valence electrons. The third-order valence-corrected chi connectivity index (χ3v) is 3.02. The van der Waals surface area contributed by atoms with Gasteiger partial charge in [0.2, 0.25) is 0 Å². The van der Waals surface area contributed by atoms with Crippen LogP contribution in [0.5, 0.6) is 0 Å². The molecular formula is C8H16N2. The molecule has 3 atom stereocenters. The summed E-state index contributed by atoms with van der Waals surface area (Å²) < 4.78 is 0. The summed E-state index contributed by atoms with van der Waals surface area (Å²) in [6.45, 7) is 7.03. The number of rotatable bonds is 1. The van der Waals surface area contributed by atoms with Crippen molar-refractivity contribution in [1.29, 1.82) is 0 Å². The minimum atomic E-state index is 0.551. The summed E-state index contributed by atoms with van der Waals surface area (Å²) >= 11 is 0. The molecule has 10 heavy (non-hydrogen) atoms. The zero-order chi connectivity index (χ0) is 7.30. The highest BCUT2D eigenvalue weighted by molar-refractivity contribution is 5.08. The van der Waals surface area contributed by atoms with E-state index in [0.29, 0.717) is 6.04 Å². The first-order valence-electron chi connectivity index (χ1n) is 4.20. The molecule has 2 aliphatic rings. The predicted molar refractivity (Wildman–Crippen MR) is 41.7 cm³/mol. The summed E-state index contributed by atoms with van der Waals surface area (Å²) in [6, 6.07) is 1.27. The van der Waals surface area contributed by atoms with Crippen molar-refractivity contribution >= 4 is 0 Å². The van der Waals surface area contributed by atoms with Gasteiger partial charge in [-0.05, 0) is 25.7 Å². The lowest BCUT2D eigenvalue weighted by atomic mass is 10.3. The molecule has 2 heteroatoms. The van der Waals surface area contributed by atoms with Gasteiger partial charge in [0, 0.05) is 25.2 Å². The van der Waals surface area contributed by atoms with Crippen LogP contribution in [0, 0.1) is 11.8 Å². The fourth-order valence-electron chi connectivity index (χ4n) is 2.03. The Morgan fingerprint density at radius 2 is 1.80 bits per heavy atom. The molecule has 1 saturated heterocycles. The van der Waals surface area contributed by atoms with E-state index in [9.17, 15) is 0 Å². The maximum Gasteiger partial charge on any atom is 0.0127 e. The Balaban J connectivity index is 1.89. The van der Waals surface area contributed by atoms with E-state index in [-0.39, 0.29) is 0 Å². The summed E-state index contributed by atoms with van der Waals surface area (Å²) in [5.74, 6) is 1.70. The summed E-state index contributed by atoms with van der Waals surface area (Å²) in [6.07, 6.45) is 0. The third-order valence-electron chi connectivity index (χ3n) is 3.02. The van der Waals surface area contributed by atoms with Gasteiger partial charge in [-0.25, -0.2) is 0 Å². The topological polar surface area (TPSA) is 29.3 Å². The van der Waals surface area contributed by atoms with Crippen molar-refractivity contribution in [1.82, 2.24) is 4.90 Å². The average molecular weight is 140 g/mol. The Bertz CT molecular complexity index is 132. The minimum Gasteiger partial charge on any atom is -0.327 e. The second-order valence-corrected chi connectivity index (χ2v) is 3.95. The molecule has 2 nitrogen and oxygen atoms in total. The predicted octanol–water partition coefficient (Wildman–Crippen LogP) is 0.284. The molecule has 2 rings (SSSR count). The molecular weight excluding hydrogens is 124 g/mol. The van der Waals surface area contributed by atoms with Crippen molar-refractivity contribution < 1.29 is 0 Å². The molecule has 0 radical (unpaired) electrons. The highest BCUT2D eigenvalue weighted by Crippen LogP contribution is 2.44. The second-order valence-electron chi connectivity index (χ2n) is 3.95. The normalized spacial score (nSPS) is 46.2. The molecule has 0 aromatic rings. The molecule has 0 aromatic carbocycles. The van der Waals surface area contributed by atoms with E-state index in [1.165, 1.54) is 13.1 Å². The van der Waals surface area contributed by atoms with Gasteiger partial charge in [0.05, 0.1) is 0 Å². The fourth-order valence-corrected chi connectivity index (χ4v) is 2.03. The van der Waals surface area contributed by atoms with Crippen LogP contribution in [0.4, 0.5) is 0 Å². The standard InChI is InChI=1S/C8H16N2/c1-5(2)10-3-6-7(4-10)8(6)9/h5-8H,3-4,9H2,1-2H3/t6-,7+,8+. The lowest BCUT2D eigenvalue weighted by molar-refractivity contribution is 0.243. The molecule has 0 aromatic heterocycles. The number of nitrogens with zero attached hydrogens (tertiary/aromatic N) is 1. The van der Waals surface area contributed by atoms with Crippen LogP contribution in [0.25, 0.3) is 0 Å². The Morgan fingerprint density at radius 3 is 2.20 bits per heavy atom. The van der Waals surface area contributed by atoms with Crippen molar-refractivity contribution in [2.75, 3.05) is 13.1 Å². The van der Waals surface area contributed by atoms with Gasteiger partial charge in [-0.2, -0.15) is 0 Å². The molecule has 0 unspecified atom stereocenters. The Morgan fingerprint density at radius 1 is 1.30 bits per heavy atom. The lowest BCUT2D eigenvalue weighted by Crippen LogP contribution is -2.33. The monoisotopic (exact) mass is 140 g/mol. The zero-order valence-electron chi connectivity index (χ0n) is 6.75. The van der Waals surface area contributed by atoms with Gasteiger partial charge in [0.1, 0.15) is 0 Å². The SMILES string of the molecule is CC(C)N1C[C@@H]2[C@@H](N)[C@@H]2C1. The van der Waals surface area contributed by atoms with Gasteiger partial charge in [-0.3, -0.25) is 0 Å². The summed E-state index contributed by atoms with van der Waals surface area (Å²) in [5, 5.41) is 0. The minimum absolute atomic E-state index is 0.551. The molecule has 1 heterocycles. The van der Waals surface area contributed by atoms with Crippen LogP contribution in [0.1, 0.15) is 13.8 Å². The van der Waals surface area contributed by atoms with Gasteiger partial charge in [-0.15, -0.1) is 0 Å². The van der Waals surface area contributed by atoms with Gasteiger partial charge < -0.3 is 10.6 Å². The van der Waals surface area contributed by atoms with Gasteiger partial charge in [0.25, 0.3) is 0 Å². The maximum absolute atomic E-state index is 5.81. The van der Waals surface area contributed by atoms with E-state index < -0.39 is 0 Å².